The Kier molecular flexibility index (Phi) is 6.35. The number of carbonyl (C=O) groups is 1. The average molecular weight is 454 g/mol. The van der Waals surface area contributed by atoms with Gasteiger partial charge in [0.1, 0.15) is 4.21 Å². The van der Waals surface area contributed by atoms with E-state index in [0.717, 1.165) is 11.3 Å². The minimum Gasteiger partial charge on any atom is -0.278 e. The maximum Gasteiger partial charge on any atom is 0.273 e. The van der Waals surface area contributed by atoms with Crippen LogP contribution in [0.25, 0.3) is 0 Å². The smallest absolute Gasteiger partial charge is 0.273 e. The molecule has 1 aromatic heterocycles. The van der Waals surface area contributed by atoms with Crippen molar-refractivity contribution in [1.82, 2.24) is 5.43 Å². The number of nitrogens with zero attached hydrogens (tertiary/aromatic N) is 1. The molecule has 0 spiro atoms. The highest BCUT2D eigenvalue weighted by molar-refractivity contribution is 7.94. The number of hydrogen-bond donors (Lipinski definition) is 2. The SMILES string of the molecule is O=C(N/N=C/c1c(Cl)cccc1Cl)c1ccccc1NS(=O)(=O)c1cccs1. The molecule has 2 N–H and O–H groups in total. The summed E-state index contributed by atoms with van der Waals surface area (Å²) in [6, 6.07) is 14.3. The molecule has 28 heavy (non-hydrogen) atoms. The number of halogens is 2. The van der Waals surface area contributed by atoms with Gasteiger partial charge in [0.2, 0.25) is 0 Å². The number of hydrazone groups is 1. The van der Waals surface area contributed by atoms with E-state index >= 15 is 0 Å². The first-order valence-corrected chi connectivity index (χ1v) is 10.9. The average Bonchev–Trinajstić information content (AvgIpc) is 3.20. The summed E-state index contributed by atoms with van der Waals surface area (Å²) in [6.45, 7) is 0. The van der Waals surface area contributed by atoms with Gasteiger partial charge in [-0.05, 0) is 35.7 Å². The van der Waals surface area contributed by atoms with Crippen LogP contribution in [-0.4, -0.2) is 20.5 Å². The summed E-state index contributed by atoms with van der Waals surface area (Å²) in [7, 11) is -3.79. The second-order valence-electron chi connectivity index (χ2n) is 5.42. The second-order valence-corrected chi connectivity index (χ2v) is 9.09. The normalized spacial score (nSPS) is 11.5. The summed E-state index contributed by atoms with van der Waals surface area (Å²) >= 11 is 13.2. The summed E-state index contributed by atoms with van der Waals surface area (Å²) in [5.74, 6) is -0.594. The number of benzene rings is 2. The van der Waals surface area contributed by atoms with Crippen molar-refractivity contribution in [2.24, 2.45) is 5.10 Å². The number of para-hydroxylation sites is 1. The highest BCUT2D eigenvalue weighted by Crippen LogP contribution is 2.23. The Hall–Kier alpha value is -2.39. The maximum atomic E-state index is 12.5. The van der Waals surface area contributed by atoms with Crippen molar-refractivity contribution in [1.29, 1.82) is 0 Å². The molecule has 0 bridgehead atoms. The Morgan fingerprint density at radius 1 is 1.00 bits per heavy atom. The van der Waals surface area contributed by atoms with Crippen LogP contribution in [0.15, 0.2) is 69.3 Å². The molecule has 0 radical (unpaired) electrons. The highest BCUT2D eigenvalue weighted by Gasteiger charge is 2.19. The van der Waals surface area contributed by atoms with Crippen LogP contribution in [-0.2, 0) is 10.0 Å². The van der Waals surface area contributed by atoms with E-state index in [1.807, 2.05) is 0 Å². The monoisotopic (exact) mass is 453 g/mol. The number of hydrogen-bond acceptors (Lipinski definition) is 5. The van der Waals surface area contributed by atoms with E-state index in [4.69, 9.17) is 23.2 Å². The first kappa shape index (κ1) is 20.3. The summed E-state index contributed by atoms with van der Waals surface area (Å²) in [5, 5.41) is 6.28. The molecule has 3 aromatic rings. The van der Waals surface area contributed by atoms with Gasteiger partial charge < -0.3 is 0 Å². The van der Waals surface area contributed by atoms with Gasteiger partial charge in [-0.1, -0.05) is 47.5 Å². The van der Waals surface area contributed by atoms with Crippen LogP contribution in [0.2, 0.25) is 10.0 Å². The van der Waals surface area contributed by atoms with Gasteiger partial charge in [-0.3, -0.25) is 9.52 Å². The predicted molar refractivity (Wildman–Crippen MR) is 113 cm³/mol. The van der Waals surface area contributed by atoms with E-state index in [0.29, 0.717) is 15.6 Å². The summed E-state index contributed by atoms with van der Waals surface area (Å²) < 4.78 is 27.4. The quantitative estimate of drug-likeness (QED) is 0.421. The molecule has 1 amide bonds. The fourth-order valence-corrected chi connectivity index (χ4v) is 4.80. The van der Waals surface area contributed by atoms with E-state index in [9.17, 15) is 13.2 Å². The largest absolute Gasteiger partial charge is 0.278 e. The molecular weight excluding hydrogens is 441 g/mol. The van der Waals surface area contributed by atoms with Gasteiger partial charge in [-0.25, -0.2) is 13.8 Å². The second kappa shape index (κ2) is 8.74. The number of amides is 1. The molecule has 0 aliphatic heterocycles. The molecule has 0 saturated carbocycles. The van der Waals surface area contributed by atoms with Crippen LogP contribution in [0.3, 0.4) is 0 Å². The van der Waals surface area contributed by atoms with Crippen molar-refractivity contribution < 1.29 is 13.2 Å². The number of anilines is 1. The van der Waals surface area contributed by atoms with Crippen LogP contribution < -0.4 is 10.1 Å². The molecule has 10 heteroatoms. The molecule has 0 aliphatic rings. The molecule has 144 valence electrons. The van der Waals surface area contributed by atoms with Crippen LogP contribution in [0.4, 0.5) is 5.69 Å². The van der Waals surface area contributed by atoms with Crippen molar-refractivity contribution in [2.75, 3.05) is 4.72 Å². The van der Waals surface area contributed by atoms with Crippen molar-refractivity contribution in [2.45, 2.75) is 4.21 Å². The van der Waals surface area contributed by atoms with Gasteiger partial charge in [-0.15, -0.1) is 11.3 Å². The van der Waals surface area contributed by atoms with E-state index in [2.05, 4.69) is 15.2 Å². The van der Waals surface area contributed by atoms with Gasteiger partial charge >= 0.3 is 0 Å². The third-order valence-electron chi connectivity index (χ3n) is 3.54. The third-order valence-corrected chi connectivity index (χ3v) is 6.96. The molecule has 0 atom stereocenters. The van der Waals surface area contributed by atoms with E-state index in [-0.39, 0.29) is 15.5 Å². The molecule has 0 saturated heterocycles. The van der Waals surface area contributed by atoms with Crippen LogP contribution in [0.5, 0.6) is 0 Å². The number of nitrogens with one attached hydrogen (secondary N) is 2. The van der Waals surface area contributed by atoms with Gasteiger partial charge in [-0.2, -0.15) is 5.10 Å². The van der Waals surface area contributed by atoms with Gasteiger partial charge in [0.25, 0.3) is 15.9 Å². The van der Waals surface area contributed by atoms with E-state index < -0.39 is 15.9 Å². The number of carbonyl (C=O) groups excluding carboxylic acids is 1. The maximum absolute atomic E-state index is 12.5. The molecule has 0 fully saturated rings. The Bertz CT molecular complexity index is 1110. The summed E-state index contributed by atoms with van der Waals surface area (Å²) in [4.78, 5) is 12.5. The Balaban J connectivity index is 1.79. The number of rotatable bonds is 6. The molecule has 0 aliphatic carbocycles. The third kappa shape index (κ3) is 4.71. The lowest BCUT2D eigenvalue weighted by Crippen LogP contribution is -2.21. The standard InChI is InChI=1S/C18H13Cl2N3O3S2/c19-14-6-3-7-15(20)13(14)11-21-22-18(24)12-5-1-2-8-16(12)23-28(25,26)17-9-4-10-27-17/h1-11,23H,(H,22,24)/b21-11+. The van der Waals surface area contributed by atoms with Crippen LogP contribution in [0, 0.1) is 0 Å². The topological polar surface area (TPSA) is 87.6 Å². The first-order valence-electron chi connectivity index (χ1n) is 7.81. The zero-order valence-electron chi connectivity index (χ0n) is 14.1. The molecule has 3 rings (SSSR count). The molecule has 6 nitrogen and oxygen atoms in total. The van der Waals surface area contributed by atoms with Gasteiger partial charge in [0, 0.05) is 5.56 Å². The fraction of sp³-hybridized carbons (Fsp3) is 0. The molecule has 1 heterocycles. The Morgan fingerprint density at radius 2 is 1.71 bits per heavy atom. The lowest BCUT2D eigenvalue weighted by atomic mass is 10.2. The van der Waals surface area contributed by atoms with Crippen molar-refractivity contribution in [3.8, 4) is 0 Å². The van der Waals surface area contributed by atoms with Gasteiger partial charge in [0.05, 0.1) is 27.5 Å². The minimum atomic E-state index is -3.79. The highest BCUT2D eigenvalue weighted by atomic mass is 35.5. The van der Waals surface area contributed by atoms with Crippen molar-refractivity contribution in [3.63, 3.8) is 0 Å². The van der Waals surface area contributed by atoms with Crippen LogP contribution in [0.1, 0.15) is 15.9 Å². The predicted octanol–water partition coefficient (Wildman–Crippen LogP) is 4.62. The molecule has 2 aromatic carbocycles. The number of thiophene rings is 1. The fourth-order valence-electron chi connectivity index (χ4n) is 2.23. The number of sulfonamides is 1. The Morgan fingerprint density at radius 3 is 2.39 bits per heavy atom. The summed E-state index contributed by atoms with van der Waals surface area (Å²) in [5.41, 5.74) is 3.05. The minimum absolute atomic E-state index is 0.116. The molecular formula is C18H13Cl2N3O3S2. The summed E-state index contributed by atoms with van der Waals surface area (Å²) in [6.07, 6.45) is 1.32. The van der Waals surface area contributed by atoms with Crippen LogP contribution >= 0.6 is 34.5 Å². The molecule has 0 unspecified atom stereocenters. The van der Waals surface area contributed by atoms with E-state index in [1.54, 1.807) is 41.8 Å². The lowest BCUT2D eigenvalue weighted by molar-refractivity contribution is 0.0956. The van der Waals surface area contributed by atoms with Gasteiger partial charge in [0.15, 0.2) is 0 Å². The Labute approximate surface area is 175 Å². The van der Waals surface area contributed by atoms with E-state index in [1.165, 1.54) is 24.4 Å². The zero-order valence-corrected chi connectivity index (χ0v) is 17.2. The zero-order chi connectivity index (χ0) is 20.1. The first-order chi connectivity index (χ1) is 13.4. The van der Waals surface area contributed by atoms with Crippen molar-refractivity contribution in [3.05, 3.63) is 81.1 Å². The van der Waals surface area contributed by atoms with Crippen molar-refractivity contribution >= 4 is 62.4 Å². The lowest BCUT2D eigenvalue weighted by Gasteiger charge is -2.10.